The predicted molar refractivity (Wildman–Crippen MR) is 53.7 cm³/mol. The Morgan fingerprint density at radius 3 is 2.71 bits per heavy atom. The predicted octanol–water partition coefficient (Wildman–Crippen LogP) is 1.82. The first-order valence-electron chi connectivity index (χ1n) is 3.92. The number of nitrogens with two attached hydrogens (primary N) is 1. The van der Waals surface area contributed by atoms with E-state index in [1.807, 2.05) is 0 Å². The van der Waals surface area contributed by atoms with E-state index >= 15 is 0 Å². The minimum Gasteiger partial charge on any atom is -0.507 e. The number of phenols is 1. The summed E-state index contributed by atoms with van der Waals surface area (Å²) in [6.07, 6.45) is 0. The van der Waals surface area contributed by atoms with Crippen LogP contribution >= 0.6 is 15.9 Å². The lowest BCUT2D eigenvalue weighted by atomic mass is 10.1. The normalized spacial score (nSPS) is 12.6. The number of benzene rings is 1. The maximum atomic E-state index is 13.4. The van der Waals surface area contributed by atoms with Gasteiger partial charge in [0.2, 0.25) is 0 Å². The molecule has 0 heterocycles. The Labute approximate surface area is 88.9 Å². The zero-order valence-corrected chi connectivity index (χ0v) is 9.01. The number of ketones is 1. The molecule has 0 amide bonds. The molecule has 3 nitrogen and oxygen atoms in total. The first kappa shape index (κ1) is 11.1. The van der Waals surface area contributed by atoms with E-state index in [2.05, 4.69) is 15.9 Å². The lowest BCUT2D eigenvalue weighted by molar-refractivity contribution is 0.0964. The Morgan fingerprint density at radius 1 is 1.64 bits per heavy atom. The number of carbonyl (C=O) groups excluding carboxylic acids is 1. The molecule has 0 aliphatic heterocycles. The zero-order valence-electron chi connectivity index (χ0n) is 7.42. The van der Waals surface area contributed by atoms with Gasteiger partial charge < -0.3 is 10.8 Å². The molecule has 1 aromatic carbocycles. The van der Waals surface area contributed by atoms with Gasteiger partial charge in [0.25, 0.3) is 0 Å². The Balaban J connectivity index is 3.24. The van der Waals surface area contributed by atoms with Gasteiger partial charge in [0.1, 0.15) is 5.75 Å². The van der Waals surface area contributed by atoms with Gasteiger partial charge in [-0.25, -0.2) is 4.39 Å². The molecule has 1 atom stereocenters. The van der Waals surface area contributed by atoms with Crippen LogP contribution in [0.25, 0.3) is 0 Å². The molecule has 1 aromatic rings. The summed E-state index contributed by atoms with van der Waals surface area (Å²) in [6.45, 7) is 1.47. The first-order chi connectivity index (χ1) is 6.45. The van der Waals surface area contributed by atoms with Gasteiger partial charge in [0, 0.05) is 0 Å². The van der Waals surface area contributed by atoms with Crippen molar-refractivity contribution in [1.29, 1.82) is 0 Å². The molecule has 76 valence electrons. The van der Waals surface area contributed by atoms with E-state index in [-0.39, 0.29) is 15.8 Å². The highest BCUT2D eigenvalue weighted by molar-refractivity contribution is 9.10. The SMILES string of the molecule is CC(N)C(=O)c1ccc(O)c(Br)c1F. The molecular weight excluding hydrogens is 253 g/mol. The van der Waals surface area contributed by atoms with Crippen LogP contribution in [0.3, 0.4) is 0 Å². The van der Waals surface area contributed by atoms with E-state index in [0.717, 1.165) is 0 Å². The van der Waals surface area contributed by atoms with E-state index in [1.54, 1.807) is 0 Å². The molecular formula is C9H9BrFNO2. The Bertz CT molecular complexity index is 379. The summed E-state index contributed by atoms with van der Waals surface area (Å²) < 4.78 is 13.3. The van der Waals surface area contributed by atoms with E-state index in [1.165, 1.54) is 19.1 Å². The molecule has 14 heavy (non-hydrogen) atoms. The third kappa shape index (κ3) is 1.93. The van der Waals surface area contributed by atoms with Gasteiger partial charge in [-0.2, -0.15) is 0 Å². The monoisotopic (exact) mass is 261 g/mol. The largest absolute Gasteiger partial charge is 0.507 e. The van der Waals surface area contributed by atoms with Gasteiger partial charge in [-0.1, -0.05) is 0 Å². The number of hydrogen-bond acceptors (Lipinski definition) is 3. The fourth-order valence-corrected chi connectivity index (χ4v) is 1.32. The number of carbonyl (C=O) groups is 1. The van der Waals surface area contributed by atoms with Crippen molar-refractivity contribution in [3.63, 3.8) is 0 Å². The molecule has 0 saturated carbocycles. The minimum absolute atomic E-state index is 0.121. The number of Topliss-reactive ketones (excluding diaryl/α,β-unsaturated/α-hetero) is 1. The van der Waals surface area contributed by atoms with E-state index in [0.29, 0.717) is 0 Å². The number of rotatable bonds is 2. The molecule has 0 saturated heterocycles. The van der Waals surface area contributed by atoms with Crippen molar-refractivity contribution >= 4 is 21.7 Å². The molecule has 1 rings (SSSR count). The standard InChI is InChI=1S/C9H9BrFNO2/c1-4(12)9(14)5-2-3-6(13)7(10)8(5)11/h2-4,13H,12H2,1H3. The van der Waals surface area contributed by atoms with Crippen LogP contribution < -0.4 is 5.73 Å². The van der Waals surface area contributed by atoms with Crippen LogP contribution in [0.2, 0.25) is 0 Å². The smallest absolute Gasteiger partial charge is 0.182 e. The number of phenolic OH excluding ortho intramolecular Hbond substituents is 1. The third-order valence-electron chi connectivity index (χ3n) is 1.74. The van der Waals surface area contributed by atoms with E-state index in [4.69, 9.17) is 10.8 Å². The summed E-state index contributed by atoms with van der Waals surface area (Å²) in [7, 11) is 0. The molecule has 3 N–H and O–H groups in total. The van der Waals surface area contributed by atoms with Crippen LogP contribution in [0.1, 0.15) is 17.3 Å². The highest BCUT2D eigenvalue weighted by Gasteiger charge is 2.19. The number of aromatic hydroxyl groups is 1. The number of halogens is 2. The van der Waals surface area contributed by atoms with Crippen molar-refractivity contribution in [2.75, 3.05) is 0 Å². The molecule has 0 aliphatic carbocycles. The second-order valence-electron chi connectivity index (χ2n) is 2.91. The van der Waals surface area contributed by atoms with Crippen molar-refractivity contribution in [2.45, 2.75) is 13.0 Å². The van der Waals surface area contributed by atoms with Gasteiger partial charge in [-0.3, -0.25) is 4.79 Å². The van der Waals surface area contributed by atoms with Crippen LogP contribution in [0, 0.1) is 5.82 Å². The summed E-state index contributed by atoms with van der Waals surface area (Å²) in [5.41, 5.74) is 5.21. The van der Waals surface area contributed by atoms with Crippen LogP contribution in [-0.2, 0) is 0 Å². The fourth-order valence-electron chi connectivity index (χ4n) is 0.975. The van der Waals surface area contributed by atoms with Gasteiger partial charge >= 0.3 is 0 Å². The van der Waals surface area contributed by atoms with Crippen molar-refractivity contribution < 1.29 is 14.3 Å². The van der Waals surface area contributed by atoms with Gasteiger partial charge in [-0.05, 0) is 35.0 Å². The topological polar surface area (TPSA) is 63.3 Å². The molecule has 0 bridgehead atoms. The highest BCUT2D eigenvalue weighted by Crippen LogP contribution is 2.29. The van der Waals surface area contributed by atoms with E-state index < -0.39 is 17.6 Å². The first-order valence-corrected chi connectivity index (χ1v) is 4.71. The molecule has 1 unspecified atom stereocenters. The molecule has 0 spiro atoms. The summed E-state index contributed by atoms with van der Waals surface area (Å²) in [5.74, 6) is -1.53. The van der Waals surface area contributed by atoms with Crippen LogP contribution in [0.5, 0.6) is 5.75 Å². The van der Waals surface area contributed by atoms with Crippen LogP contribution in [-0.4, -0.2) is 16.9 Å². The Kier molecular flexibility index (Phi) is 3.23. The van der Waals surface area contributed by atoms with Gasteiger partial charge in [0.05, 0.1) is 16.1 Å². The molecule has 0 fully saturated rings. The van der Waals surface area contributed by atoms with Crippen molar-refractivity contribution in [3.8, 4) is 5.75 Å². The summed E-state index contributed by atoms with van der Waals surface area (Å²) in [5, 5.41) is 9.12. The fraction of sp³-hybridized carbons (Fsp3) is 0.222. The molecule has 0 radical (unpaired) electrons. The average molecular weight is 262 g/mol. The van der Waals surface area contributed by atoms with Crippen molar-refractivity contribution in [3.05, 3.63) is 28.0 Å². The Morgan fingerprint density at radius 2 is 2.21 bits per heavy atom. The zero-order chi connectivity index (χ0) is 10.9. The lowest BCUT2D eigenvalue weighted by Gasteiger charge is -2.07. The molecule has 0 aromatic heterocycles. The minimum atomic E-state index is -0.785. The summed E-state index contributed by atoms with van der Waals surface area (Å²) >= 11 is 2.83. The average Bonchev–Trinajstić information content (AvgIpc) is 2.13. The molecule has 0 aliphatic rings. The quantitative estimate of drug-likeness (QED) is 0.799. The lowest BCUT2D eigenvalue weighted by Crippen LogP contribution is -2.27. The van der Waals surface area contributed by atoms with E-state index in [9.17, 15) is 9.18 Å². The summed E-state index contributed by atoms with van der Waals surface area (Å²) in [6, 6.07) is 1.69. The van der Waals surface area contributed by atoms with Crippen molar-refractivity contribution in [2.24, 2.45) is 5.73 Å². The molecule has 5 heteroatoms. The van der Waals surface area contributed by atoms with Crippen LogP contribution in [0.15, 0.2) is 16.6 Å². The highest BCUT2D eigenvalue weighted by atomic mass is 79.9. The van der Waals surface area contributed by atoms with Gasteiger partial charge in [-0.15, -0.1) is 0 Å². The van der Waals surface area contributed by atoms with Crippen molar-refractivity contribution in [1.82, 2.24) is 0 Å². The van der Waals surface area contributed by atoms with Crippen LogP contribution in [0.4, 0.5) is 4.39 Å². The Hall–Kier alpha value is -0.940. The second-order valence-corrected chi connectivity index (χ2v) is 3.71. The van der Waals surface area contributed by atoms with Gasteiger partial charge in [0.15, 0.2) is 11.6 Å². The maximum absolute atomic E-state index is 13.4. The second kappa shape index (κ2) is 4.06. The summed E-state index contributed by atoms with van der Waals surface area (Å²) in [4.78, 5) is 11.4. The number of hydrogen-bond donors (Lipinski definition) is 2. The third-order valence-corrected chi connectivity index (χ3v) is 2.50. The maximum Gasteiger partial charge on any atom is 0.182 e.